The van der Waals surface area contributed by atoms with Crippen LogP contribution < -0.4 is 24.4 Å². The van der Waals surface area contributed by atoms with Crippen LogP contribution in [0.5, 0.6) is 17.2 Å². The molecular weight excluding hydrogens is 364 g/mol. The number of benzene rings is 2. The van der Waals surface area contributed by atoms with Crippen LogP contribution in [0.1, 0.15) is 11.1 Å². The number of methoxy groups -OCH3 is 1. The molecule has 2 aromatic carbocycles. The van der Waals surface area contributed by atoms with E-state index in [-0.39, 0.29) is 5.91 Å². The second-order valence-corrected chi connectivity index (χ2v) is 6.55. The van der Waals surface area contributed by atoms with Gasteiger partial charge in [0.25, 0.3) is 5.91 Å². The van der Waals surface area contributed by atoms with Gasteiger partial charge in [0, 0.05) is 0 Å². The molecule has 0 aliphatic carbocycles. The van der Waals surface area contributed by atoms with Crippen LogP contribution in [0.4, 0.5) is 5.69 Å². The molecule has 1 saturated heterocycles. The molecule has 1 fully saturated rings. The van der Waals surface area contributed by atoms with Gasteiger partial charge in [0.2, 0.25) is 5.75 Å². The molecule has 2 aliphatic heterocycles. The third-order valence-electron chi connectivity index (χ3n) is 4.40. The van der Waals surface area contributed by atoms with Crippen molar-refractivity contribution in [2.45, 2.75) is 6.92 Å². The first-order valence-corrected chi connectivity index (χ1v) is 8.89. The smallest absolute Gasteiger partial charge is 0.281 e. The molecule has 0 atom stereocenters. The van der Waals surface area contributed by atoms with Gasteiger partial charge in [0.1, 0.15) is 18.9 Å². The molecule has 0 radical (unpaired) electrons. The molecule has 27 heavy (non-hydrogen) atoms. The van der Waals surface area contributed by atoms with Crippen LogP contribution in [0.3, 0.4) is 0 Å². The number of rotatable bonds is 3. The van der Waals surface area contributed by atoms with E-state index in [0.29, 0.717) is 41.3 Å². The third-order valence-corrected chi connectivity index (χ3v) is 4.68. The van der Waals surface area contributed by atoms with E-state index in [9.17, 15) is 4.79 Å². The molecule has 2 aliphatic rings. The monoisotopic (exact) mass is 382 g/mol. The first-order chi connectivity index (χ1) is 13.1. The summed E-state index contributed by atoms with van der Waals surface area (Å²) in [6.45, 7) is 2.89. The molecule has 4 rings (SSSR count). The number of nitrogens with zero attached hydrogens (tertiary/aromatic N) is 1. The van der Waals surface area contributed by atoms with Crippen molar-refractivity contribution >= 4 is 35.0 Å². The van der Waals surface area contributed by atoms with Crippen LogP contribution in [0, 0.1) is 6.92 Å². The molecule has 138 valence electrons. The SMILES string of the molecule is COc1cc(/C=C2\NC(=S)N(c3ccccc3C)C2=O)cc2c1OCCO2. The van der Waals surface area contributed by atoms with Gasteiger partial charge in [-0.1, -0.05) is 18.2 Å². The molecule has 2 aromatic rings. The fraction of sp³-hybridized carbons (Fsp3) is 0.200. The van der Waals surface area contributed by atoms with Crippen LogP contribution >= 0.6 is 12.2 Å². The van der Waals surface area contributed by atoms with Crippen molar-refractivity contribution in [1.82, 2.24) is 5.32 Å². The summed E-state index contributed by atoms with van der Waals surface area (Å²) < 4.78 is 16.7. The van der Waals surface area contributed by atoms with Crippen molar-refractivity contribution in [2.24, 2.45) is 0 Å². The highest BCUT2D eigenvalue weighted by atomic mass is 32.1. The maximum atomic E-state index is 12.9. The molecular formula is C20H18N2O4S. The number of hydrogen-bond acceptors (Lipinski definition) is 5. The molecule has 0 bridgehead atoms. The highest BCUT2D eigenvalue weighted by Gasteiger charge is 2.32. The van der Waals surface area contributed by atoms with Crippen molar-refractivity contribution in [3.05, 3.63) is 53.2 Å². The summed E-state index contributed by atoms with van der Waals surface area (Å²) in [5.74, 6) is 1.52. The van der Waals surface area contributed by atoms with Gasteiger partial charge in [-0.3, -0.25) is 9.69 Å². The fourth-order valence-corrected chi connectivity index (χ4v) is 3.40. The van der Waals surface area contributed by atoms with Crippen molar-refractivity contribution in [3.8, 4) is 17.2 Å². The molecule has 1 amide bonds. The third kappa shape index (κ3) is 3.10. The van der Waals surface area contributed by atoms with E-state index in [1.807, 2.05) is 37.3 Å². The van der Waals surface area contributed by atoms with Crippen molar-refractivity contribution in [1.29, 1.82) is 0 Å². The average Bonchev–Trinajstić information content (AvgIpc) is 2.95. The normalized spacial score (nSPS) is 17.3. The number of nitrogens with one attached hydrogen (secondary N) is 1. The summed E-state index contributed by atoms with van der Waals surface area (Å²) in [6, 6.07) is 11.2. The molecule has 6 nitrogen and oxygen atoms in total. The summed E-state index contributed by atoms with van der Waals surface area (Å²) in [5, 5.41) is 3.35. The number of para-hydroxylation sites is 1. The lowest BCUT2D eigenvalue weighted by atomic mass is 10.1. The van der Waals surface area contributed by atoms with Crippen molar-refractivity contribution < 1.29 is 19.0 Å². The molecule has 0 saturated carbocycles. The number of thiocarbonyl (C=S) groups is 1. The lowest BCUT2D eigenvalue weighted by molar-refractivity contribution is -0.113. The number of fused-ring (bicyclic) bond motifs is 1. The Kier molecular flexibility index (Phi) is 4.45. The second kappa shape index (κ2) is 6.92. The van der Waals surface area contributed by atoms with Crippen LogP contribution in [0.25, 0.3) is 6.08 Å². The van der Waals surface area contributed by atoms with Gasteiger partial charge in [-0.25, -0.2) is 0 Å². The van der Waals surface area contributed by atoms with Crippen LogP contribution in [0.15, 0.2) is 42.1 Å². The zero-order valence-corrected chi connectivity index (χ0v) is 15.8. The van der Waals surface area contributed by atoms with Gasteiger partial charge in [-0.2, -0.15) is 0 Å². The number of carbonyl (C=O) groups excluding carboxylic acids is 1. The predicted octanol–water partition coefficient (Wildman–Crippen LogP) is 3.04. The Morgan fingerprint density at radius 1 is 1.22 bits per heavy atom. The lowest BCUT2D eigenvalue weighted by Gasteiger charge is -2.21. The molecule has 0 spiro atoms. The first-order valence-electron chi connectivity index (χ1n) is 8.49. The Labute approximate surface area is 162 Å². The van der Waals surface area contributed by atoms with E-state index in [2.05, 4.69) is 5.32 Å². The van der Waals surface area contributed by atoms with E-state index in [4.69, 9.17) is 26.4 Å². The molecule has 1 N–H and O–H groups in total. The topological polar surface area (TPSA) is 60.0 Å². The minimum Gasteiger partial charge on any atom is -0.493 e. The molecule has 0 unspecified atom stereocenters. The molecule has 7 heteroatoms. The second-order valence-electron chi connectivity index (χ2n) is 6.16. The van der Waals surface area contributed by atoms with Crippen LogP contribution in [-0.2, 0) is 4.79 Å². The van der Waals surface area contributed by atoms with Crippen molar-refractivity contribution in [2.75, 3.05) is 25.2 Å². The summed E-state index contributed by atoms with van der Waals surface area (Å²) in [6.07, 6.45) is 1.73. The van der Waals surface area contributed by atoms with E-state index in [1.165, 1.54) is 4.90 Å². The molecule has 0 aromatic heterocycles. The number of carbonyl (C=O) groups is 1. The quantitative estimate of drug-likeness (QED) is 0.650. The Balaban J connectivity index is 1.70. The van der Waals surface area contributed by atoms with Gasteiger partial charge in [0.05, 0.1) is 12.8 Å². The van der Waals surface area contributed by atoms with E-state index < -0.39 is 0 Å². The van der Waals surface area contributed by atoms with E-state index in [1.54, 1.807) is 19.3 Å². The number of ether oxygens (including phenoxy) is 3. The zero-order chi connectivity index (χ0) is 19.0. The molecule has 2 heterocycles. The van der Waals surface area contributed by atoms with Gasteiger partial charge in [-0.15, -0.1) is 0 Å². The standard InChI is InChI=1S/C20H18N2O4S/c1-12-5-3-4-6-15(12)22-19(23)14(21-20(22)27)9-13-10-16(24-2)18-17(11-13)25-7-8-26-18/h3-6,9-11H,7-8H2,1-2H3,(H,21,27)/b14-9-. The minimum absolute atomic E-state index is 0.205. The number of anilines is 1. The van der Waals surface area contributed by atoms with Gasteiger partial charge >= 0.3 is 0 Å². The maximum Gasteiger partial charge on any atom is 0.281 e. The number of hydrogen-bond donors (Lipinski definition) is 1. The van der Waals surface area contributed by atoms with Crippen molar-refractivity contribution in [3.63, 3.8) is 0 Å². The summed E-state index contributed by atoms with van der Waals surface area (Å²) in [4.78, 5) is 14.4. The Hall–Kier alpha value is -3.06. The van der Waals surface area contributed by atoms with Gasteiger partial charge in [0.15, 0.2) is 16.6 Å². The highest BCUT2D eigenvalue weighted by molar-refractivity contribution is 7.80. The highest BCUT2D eigenvalue weighted by Crippen LogP contribution is 2.41. The maximum absolute atomic E-state index is 12.9. The van der Waals surface area contributed by atoms with Crippen LogP contribution in [-0.4, -0.2) is 31.3 Å². The Bertz CT molecular complexity index is 953. The number of amides is 1. The lowest BCUT2D eigenvalue weighted by Crippen LogP contribution is -2.30. The van der Waals surface area contributed by atoms with Gasteiger partial charge < -0.3 is 19.5 Å². The zero-order valence-electron chi connectivity index (χ0n) is 14.9. The van der Waals surface area contributed by atoms with E-state index >= 15 is 0 Å². The Morgan fingerprint density at radius 2 is 2.00 bits per heavy atom. The summed E-state index contributed by atoms with van der Waals surface area (Å²) in [5.41, 5.74) is 2.88. The summed E-state index contributed by atoms with van der Waals surface area (Å²) >= 11 is 5.38. The van der Waals surface area contributed by atoms with Gasteiger partial charge in [-0.05, 0) is 54.5 Å². The summed E-state index contributed by atoms with van der Waals surface area (Å²) in [7, 11) is 1.57. The largest absolute Gasteiger partial charge is 0.493 e. The van der Waals surface area contributed by atoms with Crippen LogP contribution in [0.2, 0.25) is 0 Å². The number of aryl methyl sites for hydroxylation is 1. The van der Waals surface area contributed by atoms with E-state index in [0.717, 1.165) is 16.8 Å². The predicted molar refractivity (Wildman–Crippen MR) is 106 cm³/mol. The Morgan fingerprint density at radius 3 is 2.78 bits per heavy atom. The fourth-order valence-electron chi connectivity index (χ4n) is 3.11. The average molecular weight is 382 g/mol. The first kappa shape index (κ1) is 17.4. The minimum atomic E-state index is -0.205.